The Morgan fingerprint density at radius 2 is 2.42 bits per heavy atom. The van der Waals surface area contributed by atoms with Crippen LogP contribution in [0.2, 0.25) is 0 Å². The van der Waals surface area contributed by atoms with Crippen molar-refractivity contribution in [1.82, 2.24) is 0 Å². The summed E-state index contributed by atoms with van der Waals surface area (Å²) >= 11 is 0. The number of esters is 1. The summed E-state index contributed by atoms with van der Waals surface area (Å²) in [7, 11) is 0. The van der Waals surface area contributed by atoms with Gasteiger partial charge in [0.05, 0.1) is 12.5 Å². The zero-order valence-electron chi connectivity index (χ0n) is 7.71. The van der Waals surface area contributed by atoms with Gasteiger partial charge in [0.1, 0.15) is 0 Å². The topological polar surface area (TPSA) is 35.5 Å². The minimum Gasteiger partial charge on any atom is -0.436 e. The Balaban J connectivity index is 2.14. The zero-order chi connectivity index (χ0) is 8.97. The molecular weight excluding hydrogens is 156 g/mol. The molecule has 0 aromatic carbocycles. The van der Waals surface area contributed by atoms with Crippen molar-refractivity contribution in [3.8, 4) is 0 Å². The van der Waals surface area contributed by atoms with E-state index in [2.05, 4.69) is 6.92 Å². The quantitative estimate of drug-likeness (QED) is 0.478. The Morgan fingerprint density at radius 3 is 2.92 bits per heavy atom. The second-order valence-electron chi connectivity index (χ2n) is 3.23. The van der Waals surface area contributed by atoms with Gasteiger partial charge in [0.2, 0.25) is 6.29 Å². The molecule has 0 aliphatic carbocycles. The number of carbonyl (C=O) groups excluding carboxylic acids is 1. The second kappa shape index (κ2) is 4.45. The van der Waals surface area contributed by atoms with Crippen LogP contribution in [0.5, 0.6) is 0 Å². The van der Waals surface area contributed by atoms with E-state index in [0.717, 1.165) is 12.8 Å². The highest BCUT2D eigenvalue weighted by molar-refractivity contribution is 5.73. The lowest BCUT2D eigenvalue weighted by molar-refractivity contribution is -0.163. The van der Waals surface area contributed by atoms with Gasteiger partial charge in [0.15, 0.2) is 0 Å². The maximum atomic E-state index is 10.9. The molecule has 0 aromatic heterocycles. The van der Waals surface area contributed by atoms with Gasteiger partial charge >= 0.3 is 5.97 Å². The van der Waals surface area contributed by atoms with Crippen LogP contribution in [-0.4, -0.2) is 18.9 Å². The molecule has 0 aromatic rings. The zero-order valence-corrected chi connectivity index (χ0v) is 7.71. The second-order valence-corrected chi connectivity index (χ2v) is 3.23. The van der Waals surface area contributed by atoms with Crippen molar-refractivity contribution in [3.05, 3.63) is 0 Å². The molecule has 1 heterocycles. The van der Waals surface area contributed by atoms with E-state index in [-0.39, 0.29) is 18.2 Å². The van der Waals surface area contributed by atoms with Crippen LogP contribution in [0.1, 0.15) is 33.1 Å². The van der Waals surface area contributed by atoms with Gasteiger partial charge in [-0.3, -0.25) is 4.79 Å². The third-order valence-corrected chi connectivity index (χ3v) is 2.00. The first kappa shape index (κ1) is 9.52. The number of hydrogen-bond donors (Lipinski definition) is 0. The van der Waals surface area contributed by atoms with E-state index in [4.69, 9.17) is 9.47 Å². The third-order valence-electron chi connectivity index (χ3n) is 2.00. The molecule has 12 heavy (non-hydrogen) atoms. The summed E-state index contributed by atoms with van der Waals surface area (Å²) in [5.41, 5.74) is 0. The molecular formula is C9H16O3. The fourth-order valence-electron chi connectivity index (χ4n) is 1.14. The van der Waals surface area contributed by atoms with Crippen LogP contribution in [0.15, 0.2) is 0 Å². The van der Waals surface area contributed by atoms with Gasteiger partial charge in [-0.15, -0.1) is 0 Å². The summed E-state index contributed by atoms with van der Waals surface area (Å²) in [5.74, 6) is -0.117. The van der Waals surface area contributed by atoms with Crippen LogP contribution in [0, 0.1) is 5.92 Å². The number of rotatable bonds is 4. The average Bonchev–Trinajstić information content (AvgIpc) is 2.32. The summed E-state index contributed by atoms with van der Waals surface area (Å²) in [4.78, 5) is 10.9. The van der Waals surface area contributed by atoms with Gasteiger partial charge in [0.25, 0.3) is 0 Å². The molecule has 0 radical (unpaired) electrons. The molecule has 1 saturated heterocycles. The highest BCUT2D eigenvalue weighted by Crippen LogP contribution is 2.21. The van der Waals surface area contributed by atoms with E-state index >= 15 is 0 Å². The minimum absolute atomic E-state index is 0.0108. The minimum atomic E-state index is -0.279. The fourth-order valence-corrected chi connectivity index (χ4v) is 1.14. The standard InChI is InChI=1S/C9H16O3/c1-3-4-5-11-8-6-7(2)9(10)12-8/h7-8H,3-6H2,1-2H3. The number of unbranched alkanes of at least 4 members (excludes halogenated alkanes) is 1. The molecule has 2 atom stereocenters. The predicted molar refractivity (Wildman–Crippen MR) is 44.5 cm³/mol. The average molecular weight is 172 g/mol. The van der Waals surface area contributed by atoms with Crippen LogP contribution < -0.4 is 0 Å². The van der Waals surface area contributed by atoms with Gasteiger partial charge in [-0.1, -0.05) is 20.3 Å². The summed E-state index contributed by atoms with van der Waals surface area (Å²) in [6.07, 6.45) is 2.57. The first-order valence-electron chi connectivity index (χ1n) is 4.56. The molecule has 1 fully saturated rings. The summed E-state index contributed by atoms with van der Waals surface area (Å²) in [6, 6.07) is 0. The normalized spacial score (nSPS) is 29.0. The Hall–Kier alpha value is -0.570. The van der Waals surface area contributed by atoms with Crippen molar-refractivity contribution in [2.24, 2.45) is 5.92 Å². The van der Waals surface area contributed by atoms with E-state index in [0.29, 0.717) is 13.0 Å². The van der Waals surface area contributed by atoms with Crippen molar-refractivity contribution < 1.29 is 14.3 Å². The molecule has 1 aliphatic rings. The molecule has 0 N–H and O–H groups in total. The van der Waals surface area contributed by atoms with Gasteiger partial charge in [-0.25, -0.2) is 0 Å². The van der Waals surface area contributed by atoms with Gasteiger partial charge in [-0.05, 0) is 6.42 Å². The Bertz CT molecular complexity index is 156. The summed E-state index contributed by atoms with van der Waals surface area (Å²) in [5, 5.41) is 0. The smallest absolute Gasteiger partial charge is 0.311 e. The lowest BCUT2D eigenvalue weighted by Gasteiger charge is -2.09. The fraction of sp³-hybridized carbons (Fsp3) is 0.889. The maximum Gasteiger partial charge on any atom is 0.311 e. The molecule has 0 spiro atoms. The van der Waals surface area contributed by atoms with Gasteiger partial charge in [0, 0.05) is 6.42 Å². The molecule has 0 amide bonds. The maximum absolute atomic E-state index is 10.9. The molecule has 3 nitrogen and oxygen atoms in total. The highest BCUT2D eigenvalue weighted by atomic mass is 16.7. The SMILES string of the molecule is CCCCOC1CC(C)C(=O)O1. The summed E-state index contributed by atoms with van der Waals surface area (Å²) in [6.45, 7) is 4.67. The lowest BCUT2D eigenvalue weighted by Crippen LogP contribution is -2.12. The van der Waals surface area contributed by atoms with Crippen LogP contribution in [0.25, 0.3) is 0 Å². The number of cyclic esters (lactones) is 1. The molecule has 2 unspecified atom stereocenters. The number of hydrogen-bond acceptors (Lipinski definition) is 3. The van der Waals surface area contributed by atoms with Gasteiger partial charge in [-0.2, -0.15) is 0 Å². The Labute approximate surface area is 73.0 Å². The predicted octanol–water partition coefficient (Wildman–Crippen LogP) is 1.71. The van der Waals surface area contributed by atoms with Crippen molar-refractivity contribution in [2.75, 3.05) is 6.61 Å². The molecule has 1 aliphatic heterocycles. The monoisotopic (exact) mass is 172 g/mol. The van der Waals surface area contributed by atoms with E-state index in [1.54, 1.807) is 0 Å². The van der Waals surface area contributed by atoms with E-state index in [9.17, 15) is 4.79 Å². The van der Waals surface area contributed by atoms with E-state index in [1.165, 1.54) is 0 Å². The largest absolute Gasteiger partial charge is 0.436 e. The van der Waals surface area contributed by atoms with Crippen molar-refractivity contribution in [1.29, 1.82) is 0 Å². The van der Waals surface area contributed by atoms with Gasteiger partial charge < -0.3 is 9.47 Å². The highest BCUT2D eigenvalue weighted by Gasteiger charge is 2.31. The first-order chi connectivity index (χ1) is 5.74. The molecule has 1 rings (SSSR count). The number of carbonyl (C=O) groups is 1. The van der Waals surface area contributed by atoms with Crippen LogP contribution in [0.3, 0.4) is 0 Å². The van der Waals surface area contributed by atoms with E-state index in [1.807, 2.05) is 6.92 Å². The van der Waals surface area contributed by atoms with Crippen molar-refractivity contribution in [3.63, 3.8) is 0 Å². The van der Waals surface area contributed by atoms with Crippen molar-refractivity contribution >= 4 is 5.97 Å². The summed E-state index contributed by atoms with van der Waals surface area (Å²) < 4.78 is 10.3. The third kappa shape index (κ3) is 2.48. The van der Waals surface area contributed by atoms with Crippen molar-refractivity contribution in [2.45, 2.75) is 39.4 Å². The van der Waals surface area contributed by atoms with Crippen LogP contribution in [-0.2, 0) is 14.3 Å². The Morgan fingerprint density at radius 1 is 1.67 bits per heavy atom. The van der Waals surface area contributed by atoms with Crippen LogP contribution in [0.4, 0.5) is 0 Å². The number of ether oxygens (including phenoxy) is 2. The van der Waals surface area contributed by atoms with E-state index < -0.39 is 0 Å². The van der Waals surface area contributed by atoms with Crippen LogP contribution >= 0.6 is 0 Å². The molecule has 70 valence electrons. The molecule has 0 bridgehead atoms. The molecule has 0 saturated carbocycles. The first-order valence-corrected chi connectivity index (χ1v) is 4.56. The lowest BCUT2D eigenvalue weighted by atomic mass is 10.1. The molecule has 3 heteroatoms. The Kier molecular flexibility index (Phi) is 3.53.